The summed E-state index contributed by atoms with van der Waals surface area (Å²) in [7, 11) is 0. The van der Waals surface area contributed by atoms with Gasteiger partial charge in [0.15, 0.2) is 0 Å². The Bertz CT molecular complexity index is 454. The number of carbonyl (C=O) groups is 1. The smallest absolute Gasteiger partial charge is 0.272 e. The quantitative estimate of drug-likeness (QED) is 0.823. The van der Waals surface area contributed by atoms with Crippen LogP contribution in [-0.4, -0.2) is 28.9 Å². The second-order valence-electron chi connectivity index (χ2n) is 4.41. The molecule has 0 unspecified atom stereocenters. The number of hydrogen-bond acceptors (Lipinski definition) is 3. The van der Waals surface area contributed by atoms with Crippen LogP contribution in [0.3, 0.4) is 0 Å². The van der Waals surface area contributed by atoms with Gasteiger partial charge in [-0.1, -0.05) is 25.4 Å². The molecule has 0 fully saturated rings. The summed E-state index contributed by atoms with van der Waals surface area (Å²) in [4.78, 5) is 17.9. The molecule has 96 valence electrons. The fourth-order valence-corrected chi connectivity index (χ4v) is 1.74. The number of nitrogens with zero attached hydrogens (tertiary/aromatic N) is 3. The molecule has 5 heteroatoms. The summed E-state index contributed by atoms with van der Waals surface area (Å²) < 4.78 is 0. The summed E-state index contributed by atoms with van der Waals surface area (Å²) in [6.45, 7) is 5.08. The molecule has 0 saturated carbocycles. The summed E-state index contributed by atoms with van der Waals surface area (Å²) in [6.07, 6.45) is 1.83. The van der Waals surface area contributed by atoms with E-state index in [-0.39, 0.29) is 5.91 Å². The van der Waals surface area contributed by atoms with E-state index < -0.39 is 0 Å². The summed E-state index contributed by atoms with van der Waals surface area (Å²) in [5, 5.41) is 9.11. The van der Waals surface area contributed by atoms with Crippen LogP contribution in [0.25, 0.3) is 0 Å². The Morgan fingerprint density at radius 3 is 2.89 bits per heavy atom. The van der Waals surface area contributed by atoms with Crippen LogP contribution in [0.4, 0.5) is 0 Å². The highest BCUT2D eigenvalue weighted by atomic mass is 35.5. The van der Waals surface area contributed by atoms with E-state index in [9.17, 15) is 4.79 Å². The van der Waals surface area contributed by atoms with Gasteiger partial charge < -0.3 is 4.90 Å². The van der Waals surface area contributed by atoms with Crippen molar-refractivity contribution in [2.75, 3.05) is 13.1 Å². The molecule has 4 nitrogen and oxygen atoms in total. The molecular formula is C13H16ClN3O. The lowest BCUT2D eigenvalue weighted by Gasteiger charge is -2.23. The van der Waals surface area contributed by atoms with Crippen molar-refractivity contribution < 1.29 is 4.79 Å². The number of hydrogen-bond donors (Lipinski definition) is 0. The zero-order chi connectivity index (χ0) is 13.5. The van der Waals surface area contributed by atoms with Crippen molar-refractivity contribution in [3.63, 3.8) is 0 Å². The van der Waals surface area contributed by atoms with E-state index in [1.165, 1.54) is 6.20 Å². The summed E-state index contributed by atoms with van der Waals surface area (Å²) in [5.74, 6) is 0.160. The first kappa shape index (κ1) is 14.5. The van der Waals surface area contributed by atoms with Gasteiger partial charge >= 0.3 is 0 Å². The first-order valence-corrected chi connectivity index (χ1v) is 6.20. The van der Waals surface area contributed by atoms with E-state index in [4.69, 9.17) is 16.9 Å². The summed E-state index contributed by atoms with van der Waals surface area (Å²) in [5.41, 5.74) is 0.320. The lowest BCUT2D eigenvalue weighted by atomic mass is 10.2. The van der Waals surface area contributed by atoms with Gasteiger partial charge in [0.05, 0.1) is 12.5 Å². The number of pyridine rings is 1. The van der Waals surface area contributed by atoms with Gasteiger partial charge in [0.1, 0.15) is 5.69 Å². The minimum atomic E-state index is -0.179. The Balaban J connectivity index is 2.84. The Hall–Kier alpha value is -1.60. The predicted octanol–water partition coefficient (Wildman–Crippen LogP) is 2.75. The van der Waals surface area contributed by atoms with Crippen LogP contribution in [0.1, 0.15) is 30.8 Å². The molecule has 0 aliphatic heterocycles. The van der Waals surface area contributed by atoms with E-state index in [0.717, 1.165) is 0 Å². The van der Waals surface area contributed by atoms with Gasteiger partial charge in [-0.15, -0.1) is 0 Å². The molecule has 0 aliphatic carbocycles. The van der Waals surface area contributed by atoms with Crippen LogP contribution in [0, 0.1) is 17.2 Å². The molecule has 0 spiro atoms. The van der Waals surface area contributed by atoms with Crippen LogP contribution in [0.15, 0.2) is 18.3 Å². The van der Waals surface area contributed by atoms with Crippen molar-refractivity contribution in [3.05, 3.63) is 29.0 Å². The molecular weight excluding hydrogens is 250 g/mol. The first-order valence-electron chi connectivity index (χ1n) is 5.82. The third-order valence-electron chi connectivity index (χ3n) is 2.31. The van der Waals surface area contributed by atoms with Crippen molar-refractivity contribution >= 4 is 17.5 Å². The lowest BCUT2D eigenvalue weighted by molar-refractivity contribution is 0.0734. The van der Waals surface area contributed by atoms with E-state index in [0.29, 0.717) is 36.1 Å². The highest BCUT2D eigenvalue weighted by Crippen LogP contribution is 2.11. The maximum Gasteiger partial charge on any atom is 0.272 e. The number of rotatable bonds is 5. The molecule has 1 amide bonds. The van der Waals surface area contributed by atoms with Crippen LogP contribution in [-0.2, 0) is 0 Å². The average molecular weight is 266 g/mol. The van der Waals surface area contributed by atoms with E-state index in [1.807, 2.05) is 19.9 Å². The molecule has 0 saturated heterocycles. The molecule has 0 bridgehead atoms. The lowest BCUT2D eigenvalue weighted by Crippen LogP contribution is -2.35. The van der Waals surface area contributed by atoms with Crippen molar-refractivity contribution in [2.24, 2.45) is 5.92 Å². The van der Waals surface area contributed by atoms with Crippen molar-refractivity contribution in [1.82, 2.24) is 9.88 Å². The average Bonchev–Trinajstić information content (AvgIpc) is 2.33. The molecule has 1 rings (SSSR count). The highest BCUT2D eigenvalue weighted by Gasteiger charge is 2.17. The van der Waals surface area contributed by atoms with Crippen LogP contribution < -0.4 is 0 Å². The highest BCUT2D eigenvalue weighted by molar-refractivity contribution is 6.30. The zero-order valence-electron chi connectivity index (χ0n) is 10.6. The minimum absolute atomic E-state index is 0.179. The van der Waals surface area contributed by atoms with E-state index in [1.54, 1.807) is 17.0 Å². The van der Waals surface area contributed by atoms with Gasteiger partial charge in [-0.3, -0.25) is 9.78 Å². The Morgan fingerprint density at radius 1 is 1.61 bits per heavy atom. The van der Waals surface area contributed by atoms with Gasteiger partial charge in [-0.2, -0.15) is 5.26 Å². The third-order valence-corrected chi connectivity index (χ3v) is 2.54. The Kier molecular flexibility index (Phi) is 5.60. The Labute approximate surface area is 112 Å². The van der Waals surface area contributed by atoms with Gasteiger partial charge in [-0.05, 0) is 18.1 Å². The van der Waals surface area contributed by atoms with E-state index >= 15 is 0 Å². The molecule has 18 heavy (non-hydrogen) atoms. The largest absolute Gasteiger partial charge is 0.336 e. The second-order valence-corrected chi connectivity index (χ2v) is 4.85. The van der Waals surface area contributed by atoms with Crippen molar-refractivity contribution in [1.29, 1.82) is 5.26 Å². The third kappa shape index (κ3) is 4.34. The fourth-order valence-electron chi connectivity index (χ4n) is 1.59. The summed E-state index contributed by atoms with van der Waals surface area (Å²) in [6, 6.07) is 5.22. The maximum absolute atomic E-state index is 12.2. The monoisotopic (exact) mass is 265 g/mol. The van der Waals surface area contributed by atoms with Gasteiger partial charge in [0.25, 0.3) is 5.91 Å². The molecule has 0 aliphatic rings. The minimum Gasteiger partial charge on any atom is -0.336 e. The SMILES string of the molecule is CC(C)CN(CCC#N)C(=O)c1cc(Cl)ccn1. The van der Waals surface area contributed by atoms with Gasteiger partial charge in [0.2, 0.25) is 0 Å². The number of aromatic nitrogens is 1. The van der Waals surface area contributed by atoms with E-state index in [2.05, 4.69) is 4.98 Å². The first-order chi connectivity index (χ1) is 8.54. The molecule has 1 aromatic heterocycles. The van der Waals surface area contributed by atoms with Crippen molar-refractivity contribution in [2.45, 2.75) is 20.3 Å². The predicted molar refractivity (Wildman–Crippen MR) is 70.2 cm³/mol. The topological polar surface area (TPSA) is 57.0 Å². The fraction of sp³-hybridized carbons (Fsp3) is 0.462. The maximum atomic E-state index is 12.2. The molecule has 1 heterocycles. The molecule has 0 aromatic carbocycles. The van der Waals surface area contributed by atoms with Gasteiger partial charge in [0, 0.05) is 24.3 Å². The van der Waals surface area contributed by atoms with Gasteiger partial charge in [-0.25, -0.2) is 0 Å². The number of nitriles is 1. The second kappa shape index (κ2) is 6.97. The zero-order valence-corrected chi connectivity index (χ0v) is 11.3. The standard InChI is InChI=1S/C13H16ClN3O/c1-10(2)9-17(7-3-5-15)13(18)12-8-11(14)4-6-16-12/h4,6,8,10H,3,7,9H2,1-2H3. The number of amides is 1. The summed E-state index contributed by atoms with van der Waals surface area (Å²) >= 11 is 5.84. The molecule has 1 aromatic rings. The Morgan fingerprint density at radius 2 is 2.33 bits per heavy atom. The van der Waals surface area contributed by atoms with Crippen molar-refractivity contribution in [3.8, 4) is 6.07 Å². The number of halogens is 1. The normalized spacial score (nSPS) is 10.2. The van der Waals surface area contributed by atoms with Crippen LogP contribution in [0.5, 0.6) is 0 Å². The van der Waals surface area contributed by atoms with Crippen LogP contribution >= 0.6 is 11.6 Å². The molecule has 0 N–H and O–H groups in total. The number of carbonyl (C=O) groups excluding carboxylic acids is 1. The molecule has 0 radical (unpaired) electrons. The van der Waals surface area contributed by atoms with Crippen LogP contribution in [0.2, 0.25) is 5.02 Å². The molecule has 0 atom stereocenters.